The topological polar surface area (TPSA) is 43.4 Å². The first kappa shape index (κ1) is 14.3. The van der Waals surface area contributed by atoms with Crippen LogP contribution in [0.5, 0.6) is 5.75 Å². The first-order valence-electron chi connectivity index (χ1n) is 5.20. The molecule has 1 aromatic carbocycles. The predicted molar refractivity (Wildman–Crippen MR) is 65.5 cm³/mol. The molecule has 0 radical (unpaired) electrons. The molecule has 0 N–H and O–H groups in total. The Labute approximate surface area is 105 Å². The molecule has 0 amide bonds. The van der Waals surface area contributed by atoms with Gasteiger partial charge in [-0.05, 0) is 31.4 Å². The van der Waals surface area contributed by atoms with E-state index in [0.29, 0.717) is 25.2 Å². The van der Waals surface area contributed by atoms with Gasteiger partial charge in [0.05, 0.1) is 12.4 Å². The Morgan fingerprint density at radius 2 is 2.06 bits per heavy atom. The summed E-state index contributed by atoms with van der Waals surface area (Å²) in [6, 6.07) is 4.31. The van der Waals surface area contributed by atoms with E-state index in [1.54, 1.807) is 6.07 Å². The molecule has 0 aliphatic heterocycles. The van der Waals surface area contributed by atoms with Crippen LogP contribution in [0.15, 0.2) is 18.2 Å². The van der Waals surface area contributed by atoms with Gasteiger partial charge in [0.25, 0.3) is 0 Å². The zero-order valence-electron chi connectivity index (χ0n) is 9.45. The van der Waals surface area contributed by atoms with E-state index in [4.69, 9.17) is 15.4 Å². The molecule has 0 heterocycles. The van der Waals surface area contributed by atoms with Crippen molar-refractivity contribution in [1.82, 2.24) is 0 Å². The maximum atomic E-state index is 12.9. The first-order chi connectivity index (χ1) is 7.88. The van der Waals surface area contributed by atoms with Crippen molar-refractivity contribution in [2.45, 2.75) is 19.8 Å². The van der Waals surface area contributed by atoms with Gasteiger partial charge in [0, 0.05) is 16.7 Å². The molecule has 0 spiro atoms. The molecule has 0 bridgehead atoms. The summed E-state index contributed by atoms with van der Waals surface area (Å²) in [6.45, 7) is 2.16. The minimum absolute atomic E-state index is 0.0694. The fourth-order valence-electron chi connectivity index (χ4n) is 1.29. The van der Waals surface area contributed by atoms with E-state index in [0.717, 1.165) is 5.56 Å². The lowest BCUT2D eigenvalue weighted by Gasteiger charge is -2.08. The van der Waals surface area contributed by atoms with E-state index in [2.05, 4.69) is 0 Å². The van der Waals surface area contributed by atoms with Crippen LogP contribution < -0.4 is 4.74 Å². The Morgan fingerprint density at radius 3 is 2.71 bits per heavy atom. The minimum Gasteiger partial charge on any atom is -0.493 e. The number of rotatable bonds is 6. The lowest BCUT2D eigenvalue weighted by atomic mass is 10.2. The summed E-state index contributed by atoms with van der Waals surface area (Å²) in [7, 11) is 1.63. The van der Waals surface area contributed by atoms with E-state index < -0.39 is 9.05 Å². The van der Waals surface area contributed by atoms with Crippen molar-refractivity contribution in [2.75, 3.05) is 12.4 Å². The normalized spacial score (nSPS) is 11.5. The third-order valence-electron chi connectivity index (χ3n) is 2.19. The lowest BCUT2D eigenvalue weighted by molar-refractivity contribution is 0.306. The smallest absolute Gasteiger partial charge is 0.232 e. The van der Waals surface area contributed by atoms with E-state index in [9.17, 15) is 12.8 Å². The SMILES string of the molecule is Cc1ccc(F)cc1OCCCCS(=O)(=O)Cl. The molecule has 0 aliphatic carbocycles. The molecule has 1 rings (SSSR count). The van der Waals surface area contributed by atoms with Gasteiger partial charge < -0.3 is 4.74 Å². The van der Waals surface area contributed by atoms with Crippen molar-refractivity contribution in [1.29, 1.82) is 0 Å². The van der Waals surface area contributed by atoms with Gasteiger partial charge in [0.1, 0.15) is 11.6 Å². The molecule has 0 saturated carbocycles. The number of benzene rings is 1. The standard InChI is InChI=1S/C11H14ClFO3S/c1-9-4-5-10(13)8-11(9)16-6-2-3-7-17(12,14)15/h4-5,8H,2-3,6-7H2,1H3. The molecule has 0 saturated heterocycles. The van der Waals surface area contributed by atoms with Crippen LogP contribution in [0.2, 0.25) is 0 Å². The van der Waals surface area contributed by atoms with Crippen molar-refractivity contribution in [3.63, 3.8) is 0 Å². The molecule has 3 nitrogen and oxygen atoms in total. The molecule has 0 aliphatic rings. The third-order valence-corrected chi connectivity index (χ3v) is 3.43. The number of hydrogen-bond donors (Lipinski definition) is 0. The number of halogens is 2. The molecule has 1 aromatic rings. The molecule has 6 heteroatoms. The zero-order chi connectivity index (χ0) is 12.9. The highest BCUT2D eigenvalue weighted by atomic mass is 35.7. The Hall–Kier alpha value is -0.810. The van der Waals surface area contributed by atoms with Crippen LogP contribution in [0.25, 0.3) is 0 Å². The maximum absolute atomic E-state index is 12.9. The van der Waals surface area contributed by atoms with Crippen LogP contribution in [0.3, 0.4) is 0 Å². The average Bonchev–Trinajstić information content (AvgIpc) is 2.21. The van der Waals surface area contributed by atoms with E-state index in [1.165, 1.54) is 12.1 Å². The second-order valence-corrected chi connectivity index (χ2v) is 6.60. The zero-order valence-corrected chi connectivity index (χ0v) is 11.0. The molecule has 0 unspecified atom stereocenters. The summed E-state index contributed by atoms with van der Waals surface area (Å²) in [4.78, 5) is 0. The Bertz CT molecular complexity index is 474. The summed E-state index contributed by atoms with van der Waals surface area (Å²) < 4.78 is 39.5. The van der Waals surface area contributed by atoms with E-state index in [-0.39, 0.29) is 11.6 Å². The monoisotopic (exact) mass is 280 g/mol. The van der Waals surface area contributed by atoms with Gasteiger partial charge in [0.2, 0.25) is 9.05 Å². The highest BCUT2D eigenvalue weighted by molar-refractivity contribution is 8.13. The van der Waals surface area contributed by atoms with Gasteiger partial charge in [-0.3, -0.25) is 0 Å². The fraction of sp³-hybridized carbons (Fsp3) is 0.455. The molecular formula is C11H14ClFO3S. The average molecular weight is 281 g/mol. The van der Waals surface area contributed by atoms with Crippen molar-refractivity contribution in [2.24, 2.45) is 0 Å². The lowest BCUT2D eigenvalue weighted by Crippen LogP contribution is -2.03. The Balaban J connectivity index is 2.34. The molecule has 0 atom stereocenters. The van der Waals surface area contributed by atoms with Crippen molar-refractivity contribution >= 4 is 19.7 Å². The Kier molecular flexibility index (Phi) is 5.21. The van der Waals surface area contributed by atoms with Crippen molar-refractivity contribution < 1.29 is 17.5 Å². The highest BCUT2D eigenvalue weighted by Gasteiger charge is 2.05. The van der Waals surface area contributed by atoms with Crippen molar-refractivity contribution in [3.8, 4) is 5.75 Å². The molecule has 0 fully saturated rings. The predicted octanol–water partition coefficient (Wildman–Crippen LogP) is 2.86. The number of unbranched alkanes of at least 4 members (excludes halogenated alkanes) is 1. The van der Waals surface area contributed by atoms with Crippen LogP contribution in [0, 0.1) is 12.7 Å². The third kappa shape index (κ3) is 5.89. The first-order valence-corrected chi connectivity index (χ1v) is 7.67. The Morgan fingerprint density at radius 1 is 1.35 bits per heavy atom. The summed E-state index contributed by atoms with van der Waals surface area (Å²) in [5, 5.41) is 0. The number of hydrogen-bond acceptors (Lipinski definition) is 3. The summed E-state index contributed by atoms with van der Waals surface area (Å²) >= 11 is 0. The van der Waals surface area contributed by atoms with E-state index >= 15 is 0 Å². The summed E-state index contributed by atoms with van der Waals surface area (Å²) in [6.07, 6.45) is 0.988. The summed E-state index contributed by atoms with van der Waals surface area (Å²) in [5.41, 5.74) is 0.844. The van der Waals surface area contributed by atoms with Gasteiger partial charge in [-0.2, -0.15) is 0 Å². The quantitative estimate of drug-likeness (QED) is 0.594. The molecular weight excluding hydrogens is 267 g/mol. The van der Waals surface area contributed by atoms with Crippen LogP contribution in [-0.2, 0) is 9.05 Å². The second-order valence-electron chi connectivity index (χ2n) is 3.71. The largest absolute Gasteiger partial charge is 0.493 e. The van der Waals surface area contributed by atoms with Crippen LogP contribution in [0.4, 0.5) is 4.39 Å². The molecule has 17 heavy (non-hydrogen) atoms. The van der Waals surface area contributed by atoms with E-state index in [1.807, 2.05) is 6.92 Å². The molecule has 96 valence electrons. The highest BCUT2D eigenvalue weighted by Crippen LogP contribution is 2.19. The summed E-state index contributed by atoms with van der Waals surface area (Å²) in [5.74, 6) is 0.0627. The van der Waals surface area contributed by atoms with Gasteiger partial charge >= 0.3 is 0 Å². The van der Waals surface area contributed by atoms with Gasteiger partial charge in [-0.1, -0.05) is 6.07 Å². The number of ether oxygens (including phenoxy) is 1. The van der Waals surface area contributed by atoms with Gasteiger partial charge in [-0.25, -0.2) is 12.8 Å². The van der Waals surface area contributed by atoms with Gasteiger partial charge in [0.15, 0.2) is 0 Å². The molecule has 0 aromatic heterocycles. The minimum atomic E-state index is -3.43. The fourth-order valence-corrected chi connectivity index (χ4v) is 2.16. The van der Waals surface area contributed by atoms with Crippen LogP contribution in [-0.4, -0.2) is 20.8 Å². The maximum Gasteiger partial charge on any atom is 0.232 e. The van der Waals surface area contributed by atoms with Gasteiger partial charge in [-0.15, -0.1) is 0 Å². The van der Waals surface area contributed by atoms with Crippen LogP contribution >= 0.6 is 10.7 Å². The number of aryl methyl sites for hydroxylation is 1. The second kappa shape index (κ2) is 6.21. The van der Waals surface area contributed by atoms with Crippen LogP contribution in [0.1, 0.15) is 18.4 Å². The van der Waals surface area contributed by atoms with Crippen molar-refractivity contribution in [3.05, 3.63) is 29.6 Å².